The Morgan fingerprint density at radius 2 is 1.67 bits per heavy atom. The van der Waals surface area contributed by atoms with Gasteiger partial charge >= 0.3 is 0 Å². The molecular formula is C25H20N2O3. The van der Waals surface area contributed by atoms with Crippen molar-refractivity contribution in [2.75, 3.05) is 16.8 Å². The zero-order valence-electron chi connectivity index (χ0n) is 16.5. The van der Waals surface area contributed by atoms with Crippen LogP contribution in [-0.4, -0.2) is 18.4 Å². The van der Waals surface area contributed by atoms with E-state index in [2.05, 4.69) is 11.4 Å². The first-order valence-corrected chi connectivity index (χ1v) is 9.91. The minimum absolute atomic E-state index is 0.0362. The molecule has 1 N–H and O–H groups in total. The van der Waals surface area contributed by atoms with Crippen molar-refractivity contribution in [1.29, 1.82) is 0 Å². The number of para-hydroxylation sites is 2. The Morgan fingerprint density at radius 3 is 2.47 bits per heavy atom. The van der Waals surface area contributed by atoms with Gasteiger partial charge < -0.3 is 14.6 Å². The van der Waals surface area contributed by atoms with Crippen LogP contribution in [0.4, 0.5) is 11.4 Å². The summed E-state index contributed by atoms with van der Waals surface area (Å²) in [6.07, 6.45) is 0.868. The van der Waals surface area contributed by atoms with Gasteiger partial charge in [-0.3, -0.25) is 9.59 Å². The highest BCUT2D eigenvalue weighted by Crippen LogP contribution is 2.29. The Balaban J connectivity index is 1.33. The van der Waals surface area contributed by atoms with Crippen molar-refractivity contribution in [3.05, 3.63) is 95.2 Å². The summed E-state index contributed by atoms with van der Waals surface area (Å²) in [5.74, 6) is -0.0489. The van der Waals surface area contributed by atoms with Crippen molar-refractivity contribution in [2.24, 2.45) is 0 Å². The highest BCUT2D eigenvalue weighted by molar-refractivity contribution is 6.08. The molecule has 0 radical (unpaired) electrons. The summed E-state index contributed by atoms with van der Waals surface area (Å²) in [4.78, 5) is 27.4. The van der Waals surface area contributed by atoms with Crippen LogP contribution in [-0.2, 0) is 6.42 Å². The summed E-state index contributed by atoms with van der Waals surface area (Å²) in [6.45, 7) is 2.55. The quantitative estimate of drug-likeness (QED) is 0.518. The molecule has 1 aromatic heterocycles. The Bertz CT molecular complexity index is 1270. The maximum Gasteiger partial charge on any atom is 0.291 e. The fourth-order valence-corrected chi connectivity index (χ4v) is 3.98. The monoisotopic (exact) mass is 396 g/mol. The third-order valence-electron chi connectivity index (χ3n) is 5.57. The Labute approximate surface area is 173 Å². The lowest BCUT2D eigenvalue weighted by Gasteiger charge is -2.17. The van der Waals surface area contributed by atoms with E-state index in [-0.39, 0.29) is 11.8 Å². The molecule has 5 heteroatoms. The molecule has 148 valence electrons. The van der Waals surface area contributed by atoms with Crippen LogP contribution in [0.15, 0.2) is 77.2 Å². The summed E-state index contributed by atoms with van der Waals surface area (Å²) < 4.78 is 5.72. The van der Waals surface area contributed by atoms with Crippen LogP contribution in [0, 0.1) is 6.92 Å². The lowest BCUT2D eigenvalue weighted by atomic mass is 10.1. The molecule has 5 rings (SSSR count). The minimum atomic E-state index is -0.309. The average Bonchev–Trinajstić information content (AvgIpc) is 3.35. The van der Waals surface area contributed by atoms with E-state index >= 15 is 0 Å². The minimum Gasteiger partial charge on any atom is -0.451 e. The molecule has 0 spiro atoms. The topological polar surface area (TPSA) is 62.6 Å². The van der Waals surface area contributed by atoms with Crippen molar-refractivity contribution >= 4 is 34.2 Å². The number of fused-ring (bicyclic) bond motifs is 2. The number of amides is 2. The van der Waals surface area contributed by atoms with E-state index in [1.165, 1.54) is 5.56 Å². The summed E-state index contributed by atoms with van der Waals surface area (Å²) in [5.41, 5.74) is 4.86. The van der Waals surface area contributed by atoms with Crippen LogP contribution in [0.25, 0.3) is 11.0 Å². The van der Waals surface area contributed by atoms with Gasteiger partial charge in [0.2, 0.25) is 0 Å². The van der Waals surface area contributed by atoms with Gasteiger partial charge in [0.1, 0.15) is 5.58 Å². The molecule has 0 fully saturated rings. The average molecular weight is 396 g/mol. The molecule has 2 amide bonds. The van der Waals surface area contributed by atoms with Crippen LogP contribution >= 0.6 is 0 Å². The van der Waals surface area contributed by atoms with E-state index in [9.17, 15) is 9.59 Å². The number of furan rings is 1. The number of hydrogen-bond donors (Lipinski definition) is 1. The second kappa shape index (κ2) is 7.19. The number of rotatable bonds is 3. The van der Waals surface area contributed by atoms with Gasteiger partial charge in [0.15, 0.2) is 5.76 Å². The first-order valence-electron chi connectivity index (χ1n) is 9.91. The zero-order chi connectivity index (χ0) is 20.7. The first kappa shape index (κ1) is 18.2. The fraction of sp³-hybridized carbons (Fsp3) is 0.120. The summed E-state index contributed by atoms with van der Waals surface area (Å²) in [7, 11) is 0. The standard InChI is InChI=1S/C25H20N2O3/c1-16-20-7-3-5-9-22(20)30-23(16)24(28)26-19-12-10-18(11-13-19)25(29)27-15-14-17-6-2-4-8-21(17)27/h2-13H,14-15H2,1H3,(H,26,28). The highest BCUT2D eigenvalue weighted by atomic mass is 16.3. The Hall–Kier alpha value is -3.86. The van der Waals surface area contributed by atoms with Gasteiger partial charge in [-0.05, 0) is 55.3 Å². The van der Waals surface area contributed by atoms with E-state index in [0.717, 1.165) is 23.1 Å². The van der Waals surface area contributed by atoms with Gasteiger partial charge in [0.05, 0.1) is 0 Å². The molecule has 1 aliphatic heterocycles. The van der Waals surface area contributed by atoms with Crippen molar-refractivity contribution in [2.45, 2.75) is 13.3 Å². The molecule has 3 aromatic carbocycles. The van der Waals surface area contributed by atoms with Gasteiger partial charge in [0, 0.05) is 34.4 Å². The van der Waals surface area contributed by atoms with Crippen LogP contribution in [0.3, 0.4) is 0 Å². The Morgan fingerprint density at radius 1 is 0.933 bits per heavy atom. The predicted molar refractivity (Wildman–Crippen MR) is 117 cm³/mol. The fourth-order valence-electron chi connectivity index (χ4n) is 3.98. The summed E-state index contributed by atoms with van der Waals surface area (Å²) in [6, 6.07) is 22.5. The number of carbonyl (C=O) groups excluding carboxylic acids is 2. The molecular weight excluding hydrogens is 376 g/mol. The molecule has 0 unspecified atom stereocenters. The third-order valence-corrected chi connectivity index (χ3v) is 5.57. The van der Waals surface area contributed by atoms with E-state index in [0.29, 0.717) is 29.1 Å². The molecule has 1 aliphatic rings. The van der Waals surface area contributed by atoms with Gasteiger partial charge in [-0.15, -0.1) is 0 Å². The molecule has 2 heterocycles. The maximum absolute atomic E-state index is 12.9. The van der Waals surface area contributed by atoms with Crippen LogP contribution in [0.2, 0.25) is 0 Å². The number of aryl methyl sites for hydroxylation is 1. The number of nitrogens with one attached hydrogen (secondary N) is 1. The van der Waals surface area contributed by atoms with Gasteiger partial charge in [-0.2, -0.15) is 0 Å². The third kappa shape index (κ3) is 3.05. The summed E-state index contributed by atoms with van der Waals surface area (Å²) in [5, 5.41) is 3.78. The SMILES string of the molecule is Cc1c(C(=O)Nc2ccc(C(=O)N3CCc4ccccc43)cc2)oc2ccccc12. The number of anilines is 2. The smallest absolute Gasteiger partial charge is 0.291 e. The lowest BCUT2D eigenvalue weighted by Crippen LogP contribution is -2.28. The number of carbonyl (C=O) groups is 2. The number of hydrogen-bond acceptors (Lipinski definition) is 3. The number of nitrogens with zero attached hydrogens (tertiary/aromatic N) is 1. The van der Waals surface area contributed by atoms with Gasteiger partial charge in [0.25, 0.3) is 11.8 Å². The first-order chi connectivity index (χ1) is 14.6. The lowest BCUT2D eigenvalue weighted by molar-refractivity contribution is 0.0986. The van der Waals surface area contributed by atoms with E-state index < -0.39 is 0 Å². The highest BCUT2D eigenvalue weighted by Gasteiger charge is 2.25. The van der Waals surface area contributed by atoms with Gasteiger partial charge in [-0.1, -0.05) is 36.4 Å². The molecule has 0 saturated carbocycles. The van der Waals surface area contributed by atoms with Crippen LogP contribution in [0.5, 0.6) is 0 Å². The second-order valence-corrected chi connectivity index (χ2v) is 7.42. The normalized spacial score (nSPS) is 12.8. The molecule has 5 nitrogen and oxygen atoms in total. The van der Waals surface area contributed by atoms with Crippen molar-refractivity contribution in [3.63, 3.8) is 0 Å². The van der Waals surface area contributed by atoms with E-state index in [1.807, 2.05) is 49.4 Å². The maximum atomic E-state index is 12.9. The van der Waals surface area contributed by atoms with Crippen LogP contribution < -0.4 is 10.2 Å². The zero-order valence-corrected chi connectivity index (χ0v) is 16.5. The second-order valence-electron chi connectivity index (χ2n) is 7.42. The van der Waals surface area contributed by atoms with Crippen molar-refractivity contribution in [3.8, 4) is 0 Å². The van der Waals surface area contributed by atoms with Crippen molar-refractivity contribution < 1.29 is 14.0 Å². The summed E-state index contributed by atoms with van der Waals surface area (Å²) >= 11 is 0. The van der Waals surface area contributed by atoms with E-state index in [1.54, 1.807) is 29.2 Å². The molecule has 0 atom stereocenters. The number of benzene rings is 3. The largest absolute Gasteiger partial charge is 0.451 e. The molecule has 4 aromatic rings. The predicted octanol–water partition coefficient (Wildman–Crippen LogP) is 5.20. The Kier molecular flexibility index (Phi) is 4.36. The molecule has 0 saturated heterocycles. The van der Waals surface area contributed by atoms with E-state index in [4.69, 9.17) is 4.42 Å². The van der Waals surface area contributed by atoms with Crippen molar-refractivity contribution in [1.82, 2.24) is 0 Å². The molecule has 0 aliphatic carbocycles. The van der Waals surface area contributed by atoms with Crippen LogP contribution in [0.1, 0.15) is 32.0 Å². The molecule has 30 heavy (non-hydrogen) atoms. The van der Waals surface area contributed by atoms with Gasteiger partial charge in [-0.25, -0.2) is 0 Å². The molecule has 0 bridgehead atoms.